The Hall–Kier alpha value is -1.06. The molecule has 1 saturated heterocycles. The highest BCUT2D eigenvalue weighted by atomic mass is 35.5. The molecule has 0 bridgehead atoms. The van der Waals surface area contributed by atoms with Crippen LogP contribution in [0, 0.1) is 0 Å². The van der Waals surface area contributed by atoms with E-state index < -0.39 is 0 Å². The number of esters is 1. The zero-order chi connectivity index (χ0) is 12.8. The van der Waals surface area contributed by atoms with Crippen LogP contribution in [-0.4, -0.2) is 37.1 Å². The molecule has 1 heterocycles. The Morgan fingerprint density at radius 1 is 1.32 bits per heavy atom. The lowest BCUT2D eigenvalue weighted by molar-refractivity contribution is 0.0450. The molecule has 0 amide bonds. The van der Waals surface area contributed by atoms with Gasteiger partial charge in [0.25, 0.3) is 0 Å². The highest BCUT2D eigenvalue weighted by molar-refractivity contribution is 5.89. The third-order valence-corrected chi connectivity index (χ3v) is 3.62. The predicted molar refractivity (Wildman–Crippen MR) is 78.9 cm³/mol. The highest BCUT2D eigenvalue weighted by Crippen LogP contribution is 2.17. The Labute approximate surface area is 121 Å². The van der Waals surface area contributed by atoms with Crippen LogP contribution in [0.2, 0.25) is 0 Å². The van der Waals surface area contributed by atoms with Gasteiger partial charge in [0.05, 0.1) is 12.2 Å². The summed E-state index contributed by atoms with van der Waals surface area (Å²) in [6.45, 7) is 1.68. The lowest BCUT2D eigenvalue weighted by atomic mass is 10.0. The van der Waals surface area contributed by atoms with Gasteiger partial charge < -0.3 is 9.64 Å². The Morgan fingerprint density at radius 2 is 2.05 bits per heavy atom. The monoisotopic (exact) mass is 283 g/mol. The second-order valence-corrected chi connectivity index (χ2v) is 4.92. The average molecular weight is 284 g/mol. The van der Waals surface area contributed by atoms with E-state index in [1.807, 2.05) is 18.2 Å². The molecule has 0 aromatic heterocycles. The Morgan fingerprint density at radius 3 is 2.74 bits per heavy atom. The molecule has 3 nitrogen and oxygen atoms in total. The largest absolute Gasteiger partial charge is 0.462 e. The van der Waals surface area contributed by atoms with Gasteiger partial charge in [-0.3, -0.25) is 0 Å². The molecule has 1 fully saturated rings. The van der Waals surface area contributed by atoms with E-state index in [1.165, 1.54) is 19.3 Å². The van der Waals surface area contributed by atoms with Gasteiger partial charge in [-0.05, 0) is 45.0 Å². The summed E-state index contributed by atoms with van der Waals surface area (Å²) < 4.78 is 5.31. The first kappa shape index (κ1) is 16.0. The van der Waals surface area contributed by atoms with E-state index in [-0.39, 0.29) is 18.4 Å². The maximum Gasteiger partial charge on any atom is 0.338 e. The third-order valence-electron chi connectivity index (χ3n) is 3.62. The van der Waals surface area contributed by atoms with Crippen LogP contribution in [0.1, 0.15) is 36.0 Å². The van der Waals surface area contributed by atoms with E-state index in [9.17, 15) is 4.79 Å². The summed E-state index contributed by atoms with van der Waals surface area (Å²) in [4.78, 5) is 14.1. The van der Waals surface area contributed by atoms with Crippen molar-refractivity contribution >= 4 is 18.4 Å². The van der Waals surface area contributed by atoms with E-state index in [1.54, 1.807) is 12.1 Å². The number of likely N-dealkylation sites (tertiary alicyclic amines) is 1. The summed E-state index contributed by atoms with van der Waals surface area (Å²) in [6, 6.07) is 9.75. The number of benzene rings is 1. The molecule has 0 N–H and O–H groups in total. The van der Waals surface area contributed by atoms with E-state index in [2.05, 4.69) is 11.9 Å². The van der Waals surface area contributed by atoms with Crippen molar-refractivity contribution in [3.8, 4) is 0 Å². The number of carbonyl (C=O) groups excluding carboxylic acids is 1. The lowest BCUT2D eigenvalue weighted by Gasteiger charge is -2.32. The van der Waals surface area contributed by atoms with Crippen LogP contribution in [0.3, 0.4) is 0 Å². The molecule has 106 valence electrons. The summed E-state index contributed by atoms with van der Waals surface area (Å²) in [5, 5.41) is 0. The van der Waals surface area contributed by atoms with Crippen LogP contribution in [0.5, 0.6) is 0 Å². The fourth-order valence-electron chi connectivity index (χ4n) is 2.45. The standard InChI is InChI=1S/C15H21NO2.ClH/c1-16-11-6-5-9-14(16)10-12-18-15(17)13-7-3-2-4-8-13;/h2-4,7-8,14H,5-6,9-12H2,1H3;1H. The van der Waals surface area contributed by atoms with Gasteiger partial charge in [0.2, 0.25) is 0 Å². The lowest BCUT2D eigenvalue weighted by Crippen LogP contribution is -2.37. The van der Waals surface area contributed by atoms with Crippen molar-refractivity contribution in [2.45, 2.75) is 31.7 Å². The van der Waals surface area contributed by atoms with Crippen molar-refractivity contribution in [2.24, 2.45) is 0 Å². The maximum atomic E-state index is 11.7. The minimum absolute atomic E-state index is 0. The van der Waals surface area contributed by atoms with Gasteiger partial charge in [-0.2, -0.15) is 0 Å². The Kier molecular flexibility index (Phi) is 6.89. The first-order valence-electron chi connectivity index (χ1n) is 6.70. The quantitative estimate of drug-likeness (QED) is 0.795. The molecule has 4 heteroatoms. The fraction of sp³-hybridized carbons (Fsp3) is 0.533. The molecule has 0 radical (unpaired) electrons. The Bertz CT molecular complexity index is 383. The van der Waals surface area contributed by atoms with Crippen LogP contribution in [0.4, 0.5) is 0 Å². The zero-order valence-electron chi connectivity index (χ0n) is 11.4. The molecule has 1 unspecified atom stereocenters. The van der Waals surface area contributed by atoms with Crippen LogP contribution in [0.25, 0.3) is 0 Å². The van der Waals surface area contributed by atoms with E-state index in [0.717, 1.165) is 13.0 Å². The van der Waals surface area contributed by atoms with Gasteiger partial charge in [0.15, 0.2) is 0 Å². The normalized spacial score (nSPS) is 19.5. The SMILES string of the molecule is CN1CCCCC1CCOC(=O)c1ccccc1.Cl. The minimum Gasteiger partial charge on any atom is -0.462 e. The molecule has 0 spiro atoms. The van der Waals surface area contributed by atoms with Gasteiger partial charge in [0.1, 0.15) is 0 Å². The number of carbonyl (C=O) groups is 1. The van der Waals surface area contributed by atoms with Gasteiger partial charge in [-0.25, -0.2) is 4.79 Å². The maximum absolute atomic E-state index is 11.7. The molecular formula is C15H22ClNO2. The van der Waals surface area contributed by atoms with Gasteiger partial charge in [0, 0.05) is 6.04 Å². The molecule has 1 aliphatic rings. The fourth-order valence-corrected chi connectivity index (χ4v) is 2.45. The second-order valence-electron chi connectivity index (χ2n) is 4.92. The van der Waals surface area contributed by atoms with Crippen molar-refractivity contribution in [2.75, 3.05) is 20.2 Å². The number of rotatable bonds is 4. The highest BCUT2D eigenvalue weighted by Gasteiger charge is 2.19. The molecule has 1 aliphatic heterocycles. The summed E-state index contributed by atoms with van der Waals surface area (Å²) in [6.07, 6.45) is 4.74. The van der Waals surface area contributed by atoms with Crippen molar-refractivity contribution in [3.63, 3.8) is 0 Å². The average Bonchev–Trinajstić information content (AvgIpc) is 2.42. The zero-order valence-corrected chi connectivity index (χ0v) is 12.2. The molecule has 0 aliphatic carbocycles. The summed E-state index contributed by atoms with van der Waals surface area (Å²) >= 11 is 0. The van der Waals surface area contributed by atoms with Crippen molar-refractivity contribution in [1.29, 1.82) is 0 Å². The first-order valence-corrected chi connectivity index (χ1v) is 6.70. The molecule has 1 atom stereocenters. The van der Waals surface area contributed by atoms with Crippen LogP contribution in [0.15, 0.2) is 30.3 Å². The Balaban J connectivity index is 0.00000180. The van der Waals surface area contributed by atoms with Crippen molar-refractivity contribution < 1.29 is 9.53 Å². The number of nitrogens with zero attached hydrogens (tertiary/aromatic N) is 1. The molecule has 0 saturated carbocycles. The van der Waals surface area contributed by atoms with E-state index in [4.69, 9.17) is 4.74 Å². The molecule has 19 heavy (non-hydrogen) atoms. The molecular weight excluding hydrogens is 262 g/mol. The number of ether oxygens (including phenoxy) is 1. The van der Waals surface area contributed by atoms with Crippen LogP contribution >= 0.6 is 12.4 Å². The van der Waals surface area contributed by atoms with Gasteiger partial charge in [-0.1, -0.05) is 24.6 Å². The van der Waals surface area contributed by atoms with Crippen LogP contribution in [-0.2, 0) is 4.74 Å². The number of piperidine rings is 1. The number of hydrogen-bond acceptors (Lipinski definition) is 3. The van der Waals surface area contributed by atoms with Gasteiger partial charge in [-0.15, -0.1) is 12.4 Å². The van der Waals surface area contributed by atoms with Gasteiger partial charge >= 0.3 is 5.97 Å². The summed E-state index contributed by atoms with van der Waals surface area (Å²) in [5.74, 6) is -0.214. The number of halogens is 1. The third kappa shape index (κ3) is 4.84. The predicted octanol–water partition coefficient (Wildman–Crippen LogP) is 3.14. The first-order chi connectivity index (χ1) is 8.77. The minimum atomic E-state index is -0.214. The molecule has 1 aromatic rings. The van der Waals surface area contributed by atoms with Crippen molar-refractivity contribution in [3.05, 3.63) is 35.9 Å². The second kappa shape index (κ2) is 8.18. The van der Waals surface area contributed by atoms with Crippen molar-refractivity contribution in [1.82, 2.24) is 4.90 Å². The smallest absolute Gasteiger partial charge is 0.338 e. The summed E-state index contributed by atoms with van der Waals surface area (Å²) in [5.41, 5.74) is 0.634. The topological polar surface area (TPSA) is 29.5 Å². The van der Waals surface area contributed by atoms with E-state index >= 15 is 0 Å². The summed E-state index contributed by atoms with van der Waals surface area (Å²) in [7, 11) is 2.16. The van der Waals surface area contributed by atoms with E-state index in [0.29, 0.717) is 18.2 Å². The number of hydrogen-bond donors (Lipinski definition) is 0. The molecule has 2 rings (SSSR count). The van der Waals surface area contributed by atoms with Crippen LogP contribution < -0.4 is 0 Å². The molecule has 1 aromatic carbocycles.